The molecule has 0 radical (unpaired) electrons. The Kier molecular flexibility index (Phi) is 5.86. The van der Waals surface area contributed by atoms with Gasteiger partial charge in [0.15, 0.2) is 0 Å². The number of aldehydes is 1. The molecule has 0 spiro atoms. The first-order valence-corrected chi connectivity index (χ1v) is 9.58. The van der Waals surface area contributed by atoms with Gasteiger partial charge in [0.2, 0.25) is 0 Å². The molecule has 3 rings (SSSR count). The molecule has 0 aliphatic heterocycles. The van der Waals surface area contributed by atoms with Crippen molar-refractivity contribution in [3.05, 3.63) is 70.8 Å². The van der Waals surface area contributed by atoms with E-state index in [0.29, 0.717) is 5.92 Å². The lowest BCUT2D eigenvalue weighted by molar-refractivity contribution is -0.111. The van der Waals surface area contributed by atoms with Gasteiger partial charge in [0.25, 0.3) is 0 Å². The summed E-state index contributed by atoms with van der Waals surface area (Å²) in [5.74, 6) is 0.707. The van der Waals surface area contributed by atoms with E-state index in [4.69, 9.17) is 0 Å². The minimum Gasteiger partial charge on any atom is -0.303 e. The largest absolute Gasteiger partial charge is 0.303 e. The number of hydrogen-bond acceptors (Lipinski definition) is 1. The number of allylic oxidation sites excluding steroid dienone is 1. The van der Waals surface area contributed by atoms with E-state index < -0.39 is 0 Å². The zero-order valence-electron chi connectivity index (χ0n) is 15.4. The minimum atomic E-state index is 0.245. The number of aryl methyl sites for hydroxylation is 1. The first-order valence-electron chi connectivity index (χ1n) is 9.58. The van der Waals surface area contributed by atoms with E-state index >= 15 is 0 Å². The molecule has 0 saturated heterocycles. The van der Waals surface area contributed by atoms with Crippen LogP contribution in [-0.4, -0.2) is 6.29 Å². The third-order valence-electron chi connectivity index (χ3n) is 5.51. The lowest BCUT2D eigenvalue weighted by Gasteiger charge is -2.13. The smallest absolute Gasteiger partial charge is 0.123 e. The lowest BCUT2D eigenvalue weighted by atomic mass is 9.91. The molecule has 0 fully saturated rings. The second-order valence-electron chi connectivity index (χ2n) is 7.20. The SMILES string of the molecule is CCC(C=O)CCCCc1cccc(C2=Cc3ccccc3C2C)c1. The van der Waals surface area contributed by atoms with Crippen LogP contribution in [0.25, 0.3) is 11.6 Å². The molecule has 130 valence electrons. The summed E-state index contributed by atoms with van der Waals surface area (Å²) in [5, 5.41) is 0. The van der Waals surface area contributed by atoms with Crippen LogP contribution >= 0.6 is 0 Å². The molecule has 2 aromatic carbocycles. The van der Waals surface area contributed by atoms with Gasteiger partial charge in [0.1, 0.15) is 6.29 Å². The van der Waals surface area contributed by atoms with Crippen molar-refractivity contribution >= 4 is 17.9 Å². The number of fused-ring (bicyclic) bond motifs is 1. The molecule has 1 aliphatic carbocycles. The fraction of sp³-hybridized carbons (Fsp3) is 0.375. The van der Waals surface area contributed by atoms with Gasteiger partial charge in [0.05, 0.1) is 0 Å². The normalized spacial score (nSPS) is 17.0. The second-order valence-corrected chi connectivity index (χ2v) is 7.20. The summed E-state index contributed by atoms with van der Waals surface area (Å²) in [6.07, 6.45) is 8.83. The van der Waals surface area contributed by atoms with Crippen molar-refractivity contribution in [2.24, 2.45) is 5.92 Å². The lowest BCUT2D eigenvalue weighted by Crippen LogP contribution is -2.00. The van der Waals surface area contributed by atoms with Crippen LogP contribution in [-0.2, 0) is 11.2 Å². The maximum absolute atomic E-state index is 10.9. The van der Waals surface area contributed by atoms with E-state index in [1.807, 2.05) is 0 Å². The number of benzene rings is 2. The monoisotopic (exact) mass is 332 g/mol. The molecule has 0 heterocycles. The average Bonchev–Trinajstić information content (AvgIpc) is 2.99. The highest BCUT2D eigenvalue weighted by atomic mass is 16.1. The number of hydrogen-bond donors (Lipinski definition) is 0. The summed E-state index contributed by atoms with van der Waals surface area (Å²) in [7, 11) is 0. The number of unbranched alkanes of at least 4 members (excludes halogenated alkanes) is 1. The molecule has 1 heteroatoms. The average molecular weight is 332 g/mol. The Hall–Kier alpha value is -2.15. The van der Waals surface area contributed by atoms with Gasteiger partial charge in [-0.05, 0) is 53.5 Å². The summed E-state index contributed by atoms with van der Waals surface area (Å²) in [6.45, 7) is 4.39. The standard InChI is InChI=1S/C24H28O/c1-3-19(17-25)9-4-5-10-20-11-8-13-21(15-20)24-16-22-12-6-7-14-23(22)18(24)2/h6-8,11-19H,3-5,9-10H2,1-2H3. The number of rotatable bonds is 8. The molecule has 1 aliphatic rings. The van der Waals surface area contributed by atoms with E-state index in [1.165, 1.54) is 27.8 Å². The molecule has 2 atom stereocenters. The van der Waals surface area contributed by atoms with E-state index in [-0.39, 0.29) is 5.92 Å². The van der Waals surface area contributed by atoms with Crippen LogP contribution in [0.3, 0.4) is 0 Å². The molecule has 0 amide bonds. The van der Waals surface area contributed by atoms with Gasteiger partial charge < -0.3 is 4.79 Å². The molecule has 0 saturated carbocycles. The first kappa shape index (κ1) is 17.7. The zero-order valence-corrected chi connectivity index (χ0v) is 15.4. The first-order chi connectivity index (χ1) is 12.2. The Morgan fingerprint density at radius 3 is 2.68 bits per heavy atom. The van der Waals surface area contributed by atoms with Crippen molar-refractivity contribution in [3.8, 4) is 0 Å². The molecule has 0 N–H and O–H groups in total. The maximum atomic E-state index is 10.9. The molecule has 1 nitrogen and oxygen atoms in total. The highest BCUT2D eigenvalue weighted by Gasteiger charge is 2.21. The van der Waals surface area contributed by atoms with Gasteiger partial charge in [0, 0.05) is 11.8 Å². The summed E-state index contributed by atoms with van der Waals surface area (Å²) in [5.41, 5.74) is 6.97. The van der Waals surface area contributed by atoms with Crippen LogP contribution < -0.4 is 0 Å². The second kappa shape index (κ2) is 8.29. The Balaban J connectivity index is 1.64. The van der Waals surface area contributed by atoms with Crippen molar-refractivity contribution in [1.82, 2.24) is 0 Å². The molecule has 25 heavy (non-hydrogen) atoms. The van der Waals surface area contributed by atoms with E-state index in [2.05, 4.69) is 68.5 Å². The van der Waals surface area contributed by atoms with Gasteiger partial charge in [-0.2, -0.15) is 0 Å². The van der Waals surface area contributed by atoms with Gasteiger partial charge >= 0.3 is 0 Å². The summed E-state index contributed by atoms with van der Waals surface area (Å²) < 4.78 is 0. The Morgan fingerprint density at radius 1 is 1.08 bits per heavy atom. The quantitative estimate of drug-likeness (QED) is 0.410. The molecule has 0 aromatic heterocycles. The third-order valence-corrected chi connectivity index (χ3v) is 5.51. The third kappa shape index (κ3) is 4.10. The fourth-order valence-electron chi connectivity index (χ4n) is 3.84. The van der Waals surface area contributed by atoms with E-state index in [0.717, 1.165) is 38.4 Å². The van der Waals surface area contributed by atoms with Crippen molar-refractivity contribution in [2.45, 2.75) is 51.9 Å². The maximum Gasteiger partial charge on any atom is 0.123 e. The Morgan fingerprint density at radius 2 is 1.92 bits per heavy atom. The van der Waals surface area contributed by atoms with Gasteiger partial charge in [-0.3, -0.25) is 0 Å². The summed E-state index contributed by atoms with van der Waals surface area (Å²) in [6, 6.07) is 17.7. The highest BCUT2D eigenvalue weighted by molar-refractivity contribution is 5.91. The van der Waals surface area contributed by atoms with Gasteiger partial charge in [-0.25, -0.2) is 0 Å². The molecular weight excluding hydrogens is 304 g/mol. The van der Waals surface area contributed by atoms with Gasteiger partial charge in [-0.1, -0.05) is 74.9 Å². The van der Waals surface area contributed by atoms with Crippen LogP contribution in [0.15, 0.2) is 48.5 Å². The molecule has 2 unspecified atom stereocenters. The van der Waals surface area contributed by atoms with Crippen LogP contribution in [0.5, 0.6) is 0 Å². The summed E-state index contributed by atoms with van der Waals surface area (Å²) in [4.78, 5) is 10.9. The van der Waals surface area contributed by atoms with Crippen LogP contribution in [0.1, 0.15) is 67.7 Å². The molecule has 0 bridgehead atoms. The predicted octanol–water partition coefficient (Wildman–Crippen LogP) is 6.28. The fourth-order valence-corrected chi connectivity index (χ4v) is 3.84. The topological polar surface area (TPSA) is 17.1 Å². The van der Waals surface area contributed by atoms with E-state index in [9.17, 15) is 4.79 Å². The van der Waals surface area contributed by atoms with Crippen LogP contribution in [0, 0.1) is 5.92 Å². The number of carbonyl (C=O) groups excluding carboxylic acids is 1. The predicted molar refractivity (Wildman–Crippen MR) is 107 cm³/mol. The molecule has 2 aromatic rings. The Bertz CT molecular complexity index is 756. The Labute approximate surface area is 151 Å². The van der Waals surface area contributed by atoms with Gasteiger partial charge in [-0.15, -0.1) is 0 Å². The van der Waals surface area contributed by atoms with Crippen molar-refractivity contribution in [1.29, 1.82) is 0 Å². The van der Waals surface area contributed by atoms with Crippen LogP contribution in [0.4, 0.5) is 0 Å². The van der Waals surface area contributed by atoms with Crippen molar-refractivity contribution in [2.75, 3.05) is 0 Å². The zero-order chi connectivity index (χ0) is 17.6. The van der Waals surface area contributed by atoms with Crippen molar-refractivity contribution < 1.29 is 4.79 Å². The van der Waals surface area contributed by atoms with E-state index in [1.54, 1.807) is 0 Å². The molecular formula is C24H28O. The minimum absolute atomic E-state index is 0.245. The summed E-state index contributed by atoms with van der Waals surface area (Å²) >= 11 is 0. The number of carbonyl (C=O) groups is 1. The highest BCUT2D eigenvalue weighted by Crippen LogP contribution is 2.41. The van der Waals surface area contributed by atoms with Crippen molar-refractivity contribution in [3.63, 3.8) is 0 Å². The van der Waals surface area contributed by atoms with Crippen LogP contribution in [0.2, 0.25) is 0 Å².